The number of aldehydes is 1. The molecule has 0 N–H and O–H groups in total. The predicted molar refractivity (Wildman–Crippen MR) is 58.0 cm³/mol. The number of hydrogen-bond donors (Lipinski definition) is 0. The number of carbonyl (C=O) groups excluding carboxylic acids is 1. The number of carbonyl (C=O) groups is 1. The SMILES string of the molecule is Cc1cc(CCC=O)cc(C)c1Br. The molecule has 0 saturated heterocycles. The van der Waals surface area contributed by atoms with Crippen molar-refractivity contribution in [3.63, 3.8) is 0 Å². The van der Waals surface area contributed by atoms with E-state index in [2.05, 4.69) is 41.9 Å². The molecule has 0 aliphatic rings. The minimum Gasteiger partial charge on any atom is -0.303 e. The van der Waals surface area contributed by atoms with Gasteiger partial charge in [0.15, 0.2) is 0 Å². The highest BCUT2D eigenvalue weighted by molar-refractivity contribution is 9.10. The molecule has 0 amide bonds. The van der Waals surface area contributed by atoms with E-state index in [0.29, 0.717) is 6.42 Å². The Balaban J connectivity index is 2.92. The summed E-state index contributed by atoms with van der Waals surface area (Å²) in [5.41, 5.74) is 3.71. The van der Waals surface area contributed by atoms with Crippen LogP contribution in [0.1, 0.15) is 23.1 Å². The van der Waals surface area contributed by atoms with Crippen molar-refractivity contribution in [1.29, 1.82) is 0 Å². The van der Waals surface area contributed by atoms with Crippen LogP contribution in [0.3, 0.4) is 0 Å². The zero-order chi connectivity index (χ0) is 9.84. The predicted octanol–water partition coefficient (Wildman–Crippen LogP) is 3.20. The Bertz CT molecular complexity index is 295. The Hall–Kier alpha value is -0.630. The summed E-state index contributed by atoms with van der Waals surface area (Å²) in [6, 6.07) is 4.25. The maximum Gasteiger partial charge on any atom is 0.120 e. The van der Waals surface area contributed by atoms with Gasteiger partial charge in [0.25, 0.3) is 0 Å². The normalized spacial score (nSPS) is 10.1. The van der Waals surface area contributed by atoms with Gasteiger partial charge < -0.3 is 4.79 Å². The summed E-state index contributed by atoms with van der Waals surface area (Å²) in [6.07, 6.45) is 2.42. The molecule has 1 aromatic carbocycles. The Morgan fingerprint density at radius 3 is 2.31 bits per heavy atom. The molecular formula is C11H13BrO. The van der Waals surface area contributed by atoms with Gasteiger partial charge >= 0.3 is 0 Å². The molecule has 0 fully saturated rings. The molecule has 0 atom stereocenters. The van der Waals surface area contributed by atoms with Crippen molar-refractivity contribution in [2.24, 2.45) is 0 Å². The molecule has 0 unspecified atom stereocenters. The van der Waals surface area contributed by atoms with E-state index in [9.17, 15) is 4.79 Å². The van der Waals surface area contributed by atoms with Gasteiger partial charge in [-0.3, -0.25) is 0 Å². The minimum atomic E-state index is 0.612. The Morgan fingerprint density at radius 2 is 1.85 bits per heavy atom. The van der Waals surface area contributed by atoms with Crippen LogP contribution in [-0.4, -0.2) is 6.29 Å². The zero-order valence-electron chi connectivity index (χ0n) is 7.93. The first kappa shape index (κ1) is 10.5. The van der Waals surface area contributed by atoms with Crippen LogP contribution in [0.5, 0.6) is 0 Å². The molecule has 13 heavy (non-hydrogen) atoms. The van der Waals surface area contributed by atoms with E-state index in [-0.39, 0.29) is 0 Å². The third-order valence-corrected chi connectivity index (χ3v) is 3.30. The van der Waals surface area contributed by atoms with E-state index >= 15 is 0 Å². The van der Waals surface area contributed by atoms with Crippen LogP contribution in [0, 0.1) is 13.8 Å². The minimum absolute atomic E-state index is 0.612. The molecule has 70 valence electrons. The largest absolute Gasteiger partial charge is 0.303 e. The highest BCUT2D eigenvalue weighted by atomic mass is 79.9. The smallest absolute Gasteiger partial charge is 0.120 e. The Labute approximate surface area is 87.3 Å². The van der Waals surface area contributed by atoms with Crippen molar-refractivity contribution in [2.45, 2.75) is 26.7 Å². The second kappa shape index (κ2) is 4.56. The standard InChI is InChI=1S/C11H13BrO/c1-8-6-10(4-3-5-13)7-9(2)11(8)12/h5-7H,3-4H2,1-2H3. The van der Waals surface area contributed by atoms with Crippen molar-refractivity contribution >= 4 is 22.2 Å². The van der Waals surface area contributed by atoms with E-state index in [4.69, 9.17) is 0 Å². The first-order valence-corrected chi connectivity index (χ1v) is 5.13. The van der Waals surface area contributed by atoms with Gasteiger partial charge in [-0.05, 0) is 37.0 Å². The van der Waals surface area contributed by atoms with Crippen molar-refractivity contribution in [1.82, 2.24) is 0 Å². The van der Waals surface area contributed by atoms with Gasteiger partial charge in [0.1, 0.15) is 6.29 Å². The molecule has 1 rings (SSSR count). The molecule has 0 spiro atoms. The Morgan fingerprint density at radius 1 is 1.31 bits per heavy atom. The average Bonchev–Trinajstić information content (AvgIpc) is 2.10. The molecule has 1 nitrogen and oxygen atoms in total. The van der Waals surface area contributed by atoms with Crippen LogP contribution >= 0.6 is 15.9 Å². The van der Waals surface area contributed by atoms with Crippen LogP contribution < -0.4 is 0 Å². The second-order valence-electron chi connectivity index (χ2n) is 3.25. The van der Waals surface area contributed by atoms with E-state index in [1.165, 1.54) is 21.2 Å². The van der Waals surface area contributed by atoms with Gasteiger partial charge in [-0.15, -0.1) is 0 Å². The quantitative estimate of drug-likeness (QED) is 0.742. The molecule has 1 aromatic rings. The first-order chi connectivity index (χ1) is 6.15. The lowest BCUT2D eigenvalue weighted by molar-refractivity contribution is -0.107. The zero-order valence-corrected chi connectivity index (χ0v) is 9.52. The number of hydrogen-bond acceptors (Lipinski definition) is 1. The molecule has 0 aliphatic carbocycles. The van der Waals surface area contributed by atoms with Crippen LogP contribution in [0.25, 0.3) is 0 Å². The van der Waals surface area contributed by atoms with Gasteiger partial charge in [-0.1, -0.05) is 28.1 Å². The van der Waals surface area contributed by atoms with Crippen molar-refractivity contribution in [3.8, 4) is 0 Å². The lowest BCUT2D eigenvalue weighted by Gasteiger charge is -2.06. The molecule has 0 saturated carbocycles. The summed E-state index contributed by atoms with van der Waals surface area (Å²) in [5.74, 6) is 0. The summed E-state index contributed by atoms with van der Waals surface area (Å²) in [5, 5.41) is 0. The summed E-state index contributed by atoms with van der Waals surface area (Å²) in [4.78, 5) is 10.2. The van der Waals surface area contributed by atoms with Crippen LogP contribution in [0.15, 0.2) is 16.6 Å². The topological polar surface area (TPSA) is 17.1 Å². The van der Waals surface area contributed by atoms with Gasteiger partial charge in [0.2, 0.25) is 0 Å². The van der Waals surface area contributed by atoms with Gasteiger partial charge in [0, 0.05) is 10.9 Å². The highest BCUT2D eigenvalue weighted by Gasteiger charge is 2.01. The molecule has 0 aromatic heterocycles. The number of aryl methyl sites for hydroxylation is 3. The average molecular weight is 241 g/mol. The number of halogens is 1. The van der Waals surface area contributed by atoms with Crippen LogP contribution in [0.4, 0.5) is 0 Å². The molecule has 2 heteroatoms. The van der Waals surface area contributed by atoms with Crippen LogP contribution in [-0.2, 0) is 11.2 Å². The third kappa shape index (κ3) is 2.66. The number of rotatable bonds is 3. The van der Waals surface area contributed by atoms with E-state index < -0.39 is 0 Å². The third-order valence-electron chi connectivity index (χ3n) is 2.05. The Kier molecular flexibility index (Phi) is 3.67. The fourth-order valence-electron chi connectivity index (χ4n) is 1.41. The van der Waals surface area contributed by atoms with E-state index in [0.717, 1.165) is 12.7 Å². The molecule has 0 bridgehead atoms. The molecular weight excluding hydrogens is 228 g/mol. The summed E-state index contributed by atoms with van der Waals surface area (Å²) < 4.78 is 1.17. The fraction of sp³-hybridized carbons (Fsp3) is 0.364. The lowest BCUT2D eigenvalue weighted by Crippen LogP contribution is -1.90. The fourth-order valence-corrected chi connectivity index (χ4v) is 1.63. The second-order valence-corrected chi connectivity index (χ2v) is 4.04. The highest BCUT2D eigenvalue weighted by Crippen LogP contribution is 2.22. The van der Waals surface area contributed by atoms with Crippen molar-refractivity contribution in [2.75, 3.05) is 0 Å². The maximum atomic E-state index is 10.2. The summed E-state index contributed by atoms with van der Waals surface area (Å²) >= 11 is 3.51. The van der Waals surface area contributed by atoms with E-state index in [1.54, 1.807) is 0 Å². The maximum absolute atomic E-state index is 10.2. The first-order valence-electron chi connectivity index (χ1n) is 4.34. The monoisotopic (exact) mass is 240 g/mol. The number of benzene rings is 1. The van der Waals surface area contributed by atoms with Gasteiger partial charge in [-0.25, -0.2) is 0 Å². The molecule has 0 heterocycles. The summed E-state index contributed by atoms with van der Waals surface area (Å²) in [6.45, 7) is 4.14. The van der Waals surface area contributed by atoms with Crippen molar-refractivity contribution < 1.29 is 4.79 Å². The molecule has 0 radical (unpaired) electrons. The lowest BCUT2D eigenvalue weighted by atomic mass is 10.0. The molecule has 0 aliphatic heterocycles. The van der Waals surface area contributed by atoms with Gasteiger partial charge in [0.05, 0.1) is 0 Å². The summed E-state index contributed by atoms with van der Waals surface area (Å²) in [7, 11) is 0. The van der Waals surface area contributed by atoms with E-state index in [1.807, 2.05) is 0 Å². The van der Waals surface area contributed by atoms with Crippen molar-refractivity contribution in [3.05, 3.63) is 33.3 Å². The van der Waals surface area contributed by atoms with Crippen LogP contribution in [0.2, 0.25) is 0 Å². The van der Waals surface area contributed by atoms with Gasteiger partial charge in [-0.2, -0.15) is 0 Å².